The Labute approximate surface area is 158 Å². The first-order valence-electron chi connectivity index (χ1n) is 8.94. The molecule has 1 N–H and O–H groups in total. The van der Waals surface area contributed by atoms with Gasteiger partial charge in [0, 0.05) is 23.6 Å². The highest BCUT2D eigenvalue weighted by atomic mass is 19.1. The number of carboxylic acid groups (broad SMARTS) is 1. The number of carbonyl (C=O) groups is 1. The Morgan fingerprint density at radius 3 is 2.78 bits per heavy atom. The fourth-order valence-corrected chi connectivity index (χ4v) is 3.32. The van der Waals surface area contributed by atoms with Crippen LogP contribution in [0.3, 0.4) is 0 Å². The van der Waals surface area contributed by atoms with Crippen molar-refractivity contribution in [3.05, 3.63) is 64.5 Å². The summed E-state index contributed by atoms with van der Waals surface area (Å²) in [4.78, 5) is 10.7. The average molecular weight is 370 g/mol. The fraction of sp³-hybridized carbons (Fsp3) is 0.318. The van der Waals surface area contributed by atoms with Crippen molar-refractivity contribution in [1.29, 1.82) is 0 Å². The molecular formula is C22H23FO4. The molecular weight excluding hydrogens is 347 g/mol. The van der Waals surface area contributed by atoms with Crippen molar-refractivity contribution >= 4 is 12.0 Å². The maximum atomic E-state index is 14.0. The lowest BCUT2D eigenvalue weighted by Gasteiger charge is -2.18. The van der Waals surface area contributed by atoms with E-state index in [0.29, 0.717) is 23.5 Å². The van der Waals surface area contributed by atoms with Crippen LogP contribution in [-0.2, 0) is 24.2 Å². The highest BCUT2D eigenvalue weighted by Crippen LogP contribution is 2.38. The molecule has 0 bridgehead atoms. The van der Waals surface area contributed by atoms with Crippen LogP contribution < -0.4 is 9.47 Å². The van der Waals surface area contributed by atoms with E-state index < -0.39 is 5.97 Å². The average Bonchev–Trinajstić information content (AvgIpc) is 2.91. The molecule has 5 heteroatoms. The van der Waals surface area contributed by atoms with Gasteiger partial charge in [0.1, 0.15) is 29.5 Å². The van der Waals surface area contributed by atoms with Gasteiger partial charge in [-0.1, -0.05) is 13.0 Å². The molecule has 1 aliphatic rings. The zero-order chi connectivity index (χ0) is 19.6. The van der Waals surface area contributed by atoms with E-state index in [9.17, 15) is 9.18 Å². The van der Waals surface area contributed by atoms with Crippen molar-refractivity contribution < 1.29 is 23.8 Å². The smallest absolute Gasteiger partial charge is 0.328 e. The molecule has 0 spiro atoms. The number of benzene rings is 2. The van der Waals surface area contributed by atoms with Crippen molar-refractivity contribution in [3.8, 4) is 11.5 Å². The SMILES string of the molecule is CCc1cc(OCc2cc(F)cc3c2OC(C)(C)C3)ccc1C=CC(=O)O. The van der Waals surface area contributed by atoms with Gasteiger partial charge in [0.05, 0.1) is 0 Å². The molecule has 142 valence electrons. The number of ether oxygens (including phenoxy) is 2. The molecule has 0 radical (unpaired) electrons. The number of fused-ring (bicyclic) bond motifs is 1. The fourth-order valence-electron chi connectivity index (χ4n) is 3.32. The van der Waals surface area contributed by atoms with Crippen LogP contribution in [0.5, 0.6) is 11.5 Å². The summed E-state index contributed by atoms with van der Waals surface area (Å²) in [5, 5.41) is 8.79. The first kappa shape index (κ1) is 19.0. The number of aliphatic carboxylic acids is 1. The topological polar surface area (TPSA) is 55.8 Å². The number of halogens is 1. The normalized spacial score (nSPS) is 14.8. The maximum Gasteiger partial charge on any atom is 0.328 e. The maximum absolute atomic E-state index is 14.0. The second-order valence-electron chi connectivity index (χ2n) is 7.27. The van der Waals surface area contributed by atoms with Gasteiger partial charge in [0.25, 0.3) is 0 Å². The Morgan fingerprint density at radius 1 is 1.30 bits per heavy atom. The lowest BCUT2D eigenvalue weighted by molar-refractivity contribution is -0.131. The van der Waals surface area contributed by atoms with E-state index in [-0.39, 0.29) is 18.0 Å². The highest BCUT2D eigenvalue weighted by molar-refractivity contribution is 5.85. The summed E-state index contributed by atoms with van der Waals surface area (Å²) in [6.45, 7) is 6.15. The second-order valence-corrected chi connectivity index (χ2v) is 7.27. The summed E-state index contributed by atoms with van der Waals surface area (Å²) in [6, 6.07) is 8.46. The van der Waals surface area contributed by atoms with E-state index in [0.717, 1.165) is 29.2 Å². The molecule has 0 aromatic heterocycles. The van der Waals surface area contributed by atoms with Crippen molar-refractivity contribution in [3.63, 3.8) is 0 Å². The van der Waals surface area contributed by atoms with Crippen molar-refractivity contribution in [2.45, 2.75) is 45.8 Å². The van der Waals surface area contributed by atoms with Gasteiger partial charge in [-0.25, -0.2) is 9.18 Å². The van der Waals surface area contributed by atoms with Crippen LogP contribution in [0.4, 0.5) is 4.39 Å². The van der Waals surface area contributed by atoms with Crippen LogP contribution >= 0.6 is 0 Å². The third-order valence-electron chi connectivity index (χ3n) is 4.50. The van der Waals surface area contributed by atoms with Gasteiger partial charge >= 0.3 is 5.97 Å². The van der Waals surface area contributed by atoms with Gasteiger partial charge in [0.15, 0.2) is 0 Å². The van der Waals surface area contributed by atoms with E-state index in [1.54, 1.807) is 12.1 Å². The van der Waals surface area contributed by atoms with E-state index >= 15 is 0 Å². The Hall–Kier alpha value is -2.82. The zero-order valence-corrected chi connectivity index (χ0v) is 15.7. The summed E-state index contributed by atoms with van der Waals surface area (Å²) in [7, 11) is 0. The third-order valence-corrected chi connectivity index (χ3v) is 4.50. The number of carboxylic acids is 1. The number of hydrogen-bond acceptors (Lipinski definition) is 3. The zero-order valence-electron chi connectivity index (χ0n) is 15.7. The van der Waals surface area contributed by atoms with Gasteiger partial charge in [-0.15, -0.1) is 0 Å². The Balaban J connectivity index is 1.79. The van der Waals surface area contributed by atoms with E-state index in [1.165, 1.54) is 12.1 Å². The summed E-state index contributed by atoms with van der Waals surface area (Å²) >= 11 is 0. The summed E-state index contributed by atoms with van der Waals surface area (Å²) in [6.07, 6.45) is 4.09. The first-order valence-corrected chi connectivity index (χ1v) is 8.94. The first-order chi connectivity index (χ1) is 12.8. The molecule has 1 aliphatic heterocycles. The molecule has 0 saturated heterocycles. The van der Waals surface area contributed by atoms with Crippen LogP contribution in [0.1, 0.15) is 43.0 Å². The van der Waals surface area contributed by atoms with E-state index in [2.05, 4.69) is 0 Å². The number of rotatable bonds is 6. The molecule has 0 atom stereocenters. The molecule has 0 fully saturated rings. The Kier molecular flexibility index (Phi) is 5.22. The standard InChI is InChI=1S/C22H23FO4/c1-4-14-11-19(7-5-15(14)6-8-20(24)25)26-13-17-10-18(23)9-16-12-22(2,3)27-21(16)17/h5-11H,4,12-13H2,1-3H3,(H,24,25). The van der Waals surface area contributed by atoms with Gasteiger partial charge < -0.3 is 14.6 Å². The minimum atomic E-state index is -0.986. The van der Waals surface area contributed by atoms with Crippen LogP contribution in [-0.4, -0.2) is 16.7 Å². The molecule has 0 unspecified atom stereocenters. The van der Waals surface area contributed by atoms with Gasteiger partial charge in [-0.3, -0.25) is 0 Å². The quantitative estimate of drug-likeness (QED) is 0.744. The molecule has 3 rings (SSSR count). The molecule has 4 nitrogen and oxygen atoms in total. The molecule has 0 saturated carbocycles. The monoisotopic (exact) mass is 370 g/mol. The van der Waals surface area contributed by atoms with Crippen molar-refractivity contribution in [2.24, 2.45) is 0 Å². The number of hydrogen-bond donors (Lipinski definition) is 1. The van der Waals surface area contributed by atoms with Gasteiger partial charge in [0.2, 0.25) is 0 Å². The van der Waals surface area contributed by atoms with E-state index in [1.807, 2.05) is 32.9 Å². The van der Waals surface area contributed by atoms with Crippen LogP contribution in [0.25, 0.3) is 6.08 Å². The van der Waals surface area contributed by atoms with Crippen LogP contribution in [0, 0.1) is 5.82 Å². The highest BCUT2D eigenvalue weighted by Gasteiger charge is 2.32. The molecule has 0 amide bonds. The lowest BCUT2D eigenvalue weighted by atomic mass is 10.0. The predicted octanol–water partition coefficient (Wildman–Crippen LogP) is 4.78. The minimum absolute atomic E-state index is 0.198. The summed E-state index contributed by atoms with van der Waals surface area (Å²) in [5.41, 5.74) is 3.01. The number of aryl methyl sites for hydroxylation is 1. The third kappa shape index (κ3) is 4.48. The Morgan fingerprint density at radius 2 is 2.07 bits per heavy atom. The largest absolute Gasteiger partial charge is 0.489 e. The lowest BCUT2D eigenvalue weighted by Crippen LogP contribution is -2.25. The van der Waals surface area contributed by atoms with Gasteiger partial charge in [-0.05, 0) is 61.7 Å². The van der Waals surface area contributed by atoms with Crippen LogP contribution in [0.15, 0.2) is 36.4 Å². The minimum Gasteiger partial charge on any atom is -0.489 e. The van der Waals surface area contributed by atoms with Crippen LogP contribution in [0.2, 0.25) is 0 Å². The van der Waals surface area contributed by atoms with E-state index in [4.69, 9.17) is 14.6 Å². The van der Waals surface area contributed by atoms with Gasteiger partial charge in [-0.2, -0.15) is 0 Å². The van der Waals surface area contributed by atoms with Crippen molar-refractivity contribution in [1.82, 2.24) is 0 Å². The molecule has 0 aliphatic carbocycles. The van der Waals surface area contributed by atoms with Crippen molar-refractivity contribution in [2.75, 3.05) is 0 Å². The second kappa shape index (κ2) is 7.43. The molecule has 2 aromatic carbocycles. The summed E-state index contributed by atoms with van der Waals surface area (Å²) < 4.78 is 25.8. The predicted molar refractivity (Wildman–Crippen MR) is 102 cm³/mol. The molecule has 1 heterocycles. The molecule has 27 heavy (non-hydrogen) atoms. The molecule has 2 aromatic rings. The Bertz CT molecular complexity index is 899. The summed E-state index contributed by atoms with van der Waals surface area (Å²) in [5.74, 6) is 0.0741.